The Labute approximate surface area is 139 Å². The number of ether oxygens (including phenoxy) is 3. The molecule has 8 nitrogen and oxygen atoms in total. The molecule has 24 heavy (non-hydrogen) atoms. The Bertz CT molecular complexity index is 522. The number of rotatable bonds is 1. The number of carbonyl (C=O) groups excluding carboxylic acids is 3. The first-order valence-electron chi connectivity index (χ1n) is 7.52. The van der Waals surface area contributed by atoms with E-state index >= 15 is 0 Å². The lowest BCUT2D eigenvalue weighted by Gasteiger charge is -2.18. The zero-order valence-electron chi connectivity index (χ0n) is 13.7. The summed E-state index contributed by atoms with van der Waals surface area (Å²) in [5.74, 6) is -2.25. The smallest absolute Gasteiger partial charge is 0.330 e. The van der Waals surface area contributed by atoms with Crippen molar-refractivity contribution in [2.75, 3.05) is 0 Å². The molecule has 0 unspecified atom stereocenters. The average molecular weight is 342 g/mol. The highest BCUT2D eigenvalue weighted by Crippen LogP contribution is 2.09. The van der Waals surface area contributed by atoms with E-state index in [0.717, 1.165) is 18.2 Å². The molecule has 0 radical (unpaired) electrons. The zero-order valence-corrected chi connectivity index (χ0v) is 13.7. The molecule has 0 amide bonds. The minimum absolute atomic E-state index is 0.222. The maximum atomic E-state index is 11.8. The van der Waals surface area contributed by atoms with Crippen LogP contribution in [0.1, 0.15) is 27.2 Å². The van der Waals surface area contributed by atoms with Crippen molar-refractivity contribution in [2.24, 2.45) is 0 Å². The van der Waals surface area contributed by atoms with Gasteiger partial charge in [-0.25, -0.2) is 9.59 Å². The number of hydrogen-bond donors (Lipinski definition) is 2. The molecule has 0 saturated carbocycles. The van der Waals surface area contributed by atoms with Gasteiger partial charge in [-0.1, -0.05) is 0 Å². The summed E-state index contributed by atoms with van der Waals surface area (Å²) >= 11 is 0. The van der Waals surface area contributed by atoms with Gasteiger partial charge in [0.15, 0.2) is 0 Å². The van der Waals surface area contributed by atoms with E-state index in [1.165, 1.54) is 26.8 Å². The first-order valence-corrected chi connectivity index (χ1v) is 7.52. The maximum Gasteiger partial charge on any atom is 0.330 e. The highest BCUT2D eigenvalue weighted by molar-refractivity contribution is 5.83. The van der Waals surface area contributed by atoms with Crippen molar-refractivity contribution in [3.8, 4) is 0 Å². The summed E-state index contributed by atoms with van der Waals surface area (Å²) in [5.41, 5.74) is 0. The number of carbonyl (C=O) groups is 3. The Hall–Kier alpha value is -2.19. The highest BCUT2D eigenvalue weighted by Gasteiger charge is 2.22. The molecular weight excluding hydrogens is 320 g/mol. The fourth-order valence-electron chi connectivity index (χ4n) is 1.81. The number of aliphatic hydroxyl groups is 2. The van der Waals surface area contributed by atoms with Crippen LogP contribution in [-0.2, 0) is 28.6 Å². The maximum absolute atomic E-state index is 11.8. The van der Waals surface area contributed by atoms with Gasteiger partial charge in [-0.2, -0.15) is 0 Å². The fourth-order valence-corrected chi connectivity index (χ4v) is 1.81. The van der Waals surface area contributed by atoms with Crippen LogP contribution in [0.15, 0.2) is 24.3 Å². The van der Waals surface area contributed by atoms with Crippen LogP contribution in [0.3, 0.4) is 0 Å². The van der Waals surface area contributed by atoms with Crippen LogP contribution in [0.5, 0.6) is 0 Å². The fraction of sp³-hybridized carbons (Fsp3) is 0.562. The summed E-state index contributed by atoms with van der Waals surface area (Å²) in [6, 6.07) is 0. The SMILES string of the molecule is C[C@@H]1CC(=O)O[C@@H]([C@H](C)O)C=CC(=O)O[C@@H](C)[C@H](O)/C=C\C(=O)O1. The molecule has 5 atom stereocenters. The molecule has 0 fully saturated rings. The summed E-state index contributed by atoms with van der Waals surface area (Å²) in [6.07, 6.45) is -0.905. The third-order valence-corrected chi connectivity index (χ3v) is 3.15. The number of cyclic esters (lactones) is 3. The summed E-state index contributed by atoms with van der Waals surface area (Å²) < 4.78 is 15.0. The molecule has 1 aliphatic rings. The lowest BCUT2D eigenvalue weighted by atomic mass is 10.2. The predicted molar refractivity (Wildman–Crippen MR) is 81.6 cm³/mol. The van der Waals surface area contributed by atoms with Crippen LogP contribution in [-0.4, -0.2) is 58.6 Å². The third kappa shape index (κ3) is 6.93. The van der Waals surface area contributed by atoms with Crippen LogP contribution in [0, 0.1) is 0 Å². The summed E-state index contributed by atoms with van der Waals surface area (Å²) in [6.45, 7) is 4.34. The summed E-state index contributed by atoms with van der Waals surface area (Å²) in [5, 5.41) is 19.4. The van der Waals surface area contributed by atoms with Crippen molar-refractivity contribution >= 4 is 17.9 Å². The molecule has 2 N–H and O–H groups in total. The lowest BCUT2D eigenvalue weighted by molar-refractivity contribution is -0.156. The number of hydrogen-bond acceptors (Lipinski definition) is 8. The van der Waals surface area contributed by atoms with Crippen LogP contribution in [0.25, 0.3) is 0 Å². The Morgan fingerprint density at radius 2 is 1.62 bits per heavy atom. The first-order chi connectivity index (χ1) is 11.2. The number of aliphatic hydroxyl groups excluding tert-OH is 2. The molecule has 1 heterocycles. The largest absolute Gasteiger partial charge is 0.459 e. The third-order valence-electron chi connectivity index (χ3n) is 3.15. The van der Waals surface area contributed by atoms with Gasteiger partial charge in [0.2, 0.25) is 0 Å². The molecule has 0 aromatic carbocycles. The molecule has 0 spiro atoms. The van der Waals surface area contributed by atoms with Gasteiger partial charge < -0.3 is 24.4 Å². The monoisotopic (exact) mass is 342 g/mol. The highest BCUT2D eigenvalue weighted by atomic mass is 16.6. The second-order valence-electron chi connectivity index (χ2n) is 5.50. The van der Waals surface area contributed by atoms with Crippen molar-refractivity contribution in [1.82, 2.24) is 0 Å². The molecule has 0 aromatic heterocycles. The topological polar surface area (TPSA) is 119 Å². The van der Waals surface area contributed by atoms with Gasteiger partial charge in [0.05, 0.1) is 12.5 Å². The lowest BCUT2D eigenvalue weighted by Crippen LogP contribution is -2.29. The van der Waals surface area contributed by atoms with Crippen molar-refractivity contribution in [3.05, 3.63) is 24.3 Å². The van der Waals surface area contributed by atoms with Gasteiger partial charge in [0.1, 0.15) is 24.4 Å². The Kier molecular flexibility index (Phi) is 7.60. The van der Waals surface area contributed by atoms with Crippen molar-refractivity contribution in [3.63, 3.8) is 0 Å². The standard InChI is InChI=1S/C16H22O8/c1-9-8-16(21)24-13(10(2)17)5-7-15(20)23-11(3)12(18)4-6-14(19)22-9/h4-7,9-13,17-18H,8H2,1-3H3/b6-4-,7-5?/t9-,10+,11+,12-,13-/m1/s1. The quantitative estimate of drug-likeness (QED) is 0.505. The van der Waals surface area contributed by atoms with Crippen LogP contribution in [0.2, 0.25) is 0 Å². The minimum Gasteiger partial charge on any atom is -0.459 e. The van der Waals surface area contributed by atoms with Crippen LogP contribution >= 0.6 is 0 Å². The van der Waals surface area contributed by atoms with Crippen molar-refractivity contribution in [2.45, 2.75) is 57.7 Å². The minimum atomic E-state index is -1.21. The van der Waals surface area contributed by atoms with E-state index in [2.05, 4.69) is 0 Å². The second kappa shape index (κ2) is 9.19. The van der Waals surface area contributed by atoms with E-state index in [1.54, 1.807) is 0 Å². The Morgan fingerprint density at radius 1 is 1.04 bits per heavy atom. The molecular formula is C16H22O8. The van der Waals surface area contributed by atoms with E-state index in [4.69, 9.17) is 14.2 Å². The first kappa shape index (κ1) is 19.9. The molecule has 8 heteroatoms. The van der Waals surface area contributed by atoms with Crippen LogP contribution < -0.4 is 0 Å². The van der Waals surface area contributed by atoms with Gasteiger partial charge in [-0.15, -0.1) is 0 Å². The van der Waals surface area contributed by atoms with Gasteiger partial charge >= 0.3 is 17.9 Å². The van der Waals surface area contributed by atoms with E-state index in [0.29, 0.717) is 0 Å². The second-order valence-corrected chi connectivity index (χ2v) is 5.50. The van der Waals surface area contributed by atoms with E-state index < -0.39 is 48.4 Å². The zero-order chi connectivity index (χ0) is 18.3. The van der Waals surface area contributed by atoms with E-state index in [9.17, 15) is 24.6 Å². The normalized spacial score (nSPS) is 32.6. The van der Waals surface area contributed by atoms with E-state index in [1.807, 2.05) is 0 Å². The molecule has 0 saturated heterocycles. The van der Waals surface area contributed by atoms with Crippen molar-refractivity contribution < 1.29 is 38.8 Å². The molecule has 0 bridgehead atoms. The average Bonchev–Trinajstić information content (AvgIpc) is 2.47. The molecule has 1 rings (SSSR count). The molecule has 0 aliphatic carbocycles. The van der Waals surface area contributed by atoms with Crippen LogP contribution in [0.4, 0.5) is 0 Å². The van der Waals surface area contributed by atoms with Gasteiger partial charge in [0, 0.05) is 12.2 Å². The summed E-state index contributed by atoms with van der Waals surface area (Å²) in [7, 11) is 0. The van der Waals surface area contributed by atoms with Gasteiger partial charge in [0.25, 0.3) is 0 Å². The van der Waals surface area contributed by atoms with E-state index in [-0.39, 0.29) is 6.42 Å². The number of esters is 3. The molecule has 1 aliphatic heterocycles. The summed E-state index contributed by atoms with van der Waals surface area (Å²) in [4.78, 5) is 35.1. The van der Waals surface area contributed by atoms with Gasteiger partial charge in [-0.05, 0) is 32.9 Å². The molecule has 0 aromatic rings. The molecule has 134 valence electrons. The van der Waals surface area contributed by atoms with Gasteiger partial charge in [-0.3, -0.25) is 4.79 Å². The Balaban J connectivity index is 2.98. The van der Waals surface area contributed by atoms with Crippen molar-refractivity contribution in [1.29, 1.82) is 0 Å². The Morgan fingerprint density at radius 3 is 2.25 bits per heavy atom. The predicted octanol–water partition coefficient (Wildman–Crippen LogP) is 0.0194.